The summed E-state index contributed by atoms with van der Waals surface area (Å²) in [4.78, 5) is 39.6. The van der Waals surface area contributed by atoms with Gasteiger partial charge in [0.2, 0.25) is 5.91 Å². The predicted molar refractivity (Wildman–Crippen MR) is 156 cm³/mol. The van der Waals surface area contributed by atoms with E-state index in [1.54, 1.807) is 60.7 Å². The van der Waals surface area contributed by atoms with E-state index in [2.05, 4.69) is 16.0 Å². The van der Waals surface area contributed by atoms with Gasteiger partial charge in [0.25, 0.3) is 11.8 Å². The monoisotopic (exact) mass is 577 g/mol. The van der Waals surface area contributed by atoms with Crippen molar-refractivity contribution in [2.45, 2.75) is 23.5 Å². The lowest BCUT2D eigenvalue weighted by Gasteiger charge is -2.16. The first-order chi connectivity index (χ1) is 19.3. The summed E-state index contributed by atoms with van der Waals surface area (Å²) in [5.41, 5.74) is 1.25. The zero-order valence-electron chi connectivity index (χ0n) is 21.3. The molecule has 0 saturated carbocycles. The number of furan rings is 1. The second-order valence-corrected chi connectivity index (χ2v) is 10.2. The first-order valence-electron chi connectivity index (χ1n) is 12.3. The van der Waals surface area contributed by atoms with Gasteiger partial charge < -0.3 is 20.4 Å². The van der Waals surface area contributed by atoms with E-state index >= 15 is 0 Å². The molecule has 0 aliphatic rings. The zero-order chi connectivity index (χ0) is 28.5. The molecule has 4 rings (SSSR count). The number of nitrogens with one attached hydrogen (secondary N) is 3. The van der Waals surface area contributed by atoms with E-state index in [1.165, 1.54) is 42.3 Å². The highest BCUT2D eigenvalue weighted by Crippen LogP contribution is 2.29. The first-order valence-corrected chi connectivity index (χ1v) is 13.5. The number of thioether (sulfide) groups is 1. The van der Waals surface area contributed by atoms with Gasteiger partial charge >= 0.3 is 0 Å². The fourth-order valence-corrected chi connectivity index (χ4v) is 4.78. The molecule has 4 aromatic rings. The number of benzene rings is 3. The number of hydrogen-bond donors (Lipinski definition) is 3. The van der Waals surface area contributed by atoms with Crippen LogP contribution in [0.4, 0.5) is 15.8 Å². The Bertz CT molecular complexity index is 1530. The summed E-state index contributed by atoms with van der Waals surface area (Å²) in [6.45, 7) is 1.88. The highest BCUT2D eigenvalue weighted by Gasteiger charge is 2.20. The third-order valence-electron chi connectivity index (χ3n) is 5.58. The van der Waals surface area contributed by atoms with Crippen LogP contribution in [0, 0.1) is 5.82 Å². The standard InChI is InChI=1S/C30H25ClFN3O4S/c1-2-27(30(38)34-21-13-14-25(32)24(31)17-21)40-23-12-6-10-20(16-23)33-29(37)26(18-22-11-7-15-39-22)35-28(36)19-8-4-3-5-9-19/h3-18,27H,2H2,1H3,(H,33,37)(H,34,38)(H,35,36)/b26-18-. The number of carbonyl (C=O) groups excluding carboxylic acids is 3. The van der Waals surface area contributed by atoms with Gasteiger partial charge in [-0.05, 0) is 67.1 Å². The molecule has 1 aromatic heterocycles. The number of halogens is 2. The van der Waals surface area contributed by atoms with Gasteiger partial charge in [0.15, 0.2) is 0 Å². The molecule has 40 heavy (non-hydrogen) atoms. The summed E-state index contributed by atoms with van der Waals surface area (Å²) in [6.07, 6.45) is 3.42. The van der Waals surface area contributed by atoms with Crippen molar-refractivity contribution < 1.29 is 23.2 Å². The van der Waals surface area contributed by atoms with Crippen LogP contribution in [0.5, 0.6) is 0 Å². The van der Waals surface area contributed by atoms with Crippen LogP contribution in [0.2, 0.25) is 5.02 Å². The van der Waals surface area contributed by atoms with Crippen molar-refractivity contribution in [2.75, 3.05) is 10.6 Å². The quantitative estimate of drug-likeness (QED) is 0.139. The Kier molecular flexibility index (Phi) is 9.77. The molecule has 3 aromatic carbocycles. The molecule has 7 nitrogen and oxygen atoms in total. The van der Waals surface area contributed by atoms with Crippen LogP contribution in [0.15, 0.2) is 106 Å². The topological polar surface area (TPSA) is 100 Å². The summed E-state index contributed by atoms with van der Waals surface area (Å²) in [5.74, 6) is -1.45. The van der Waals surface area contributed by atoms with Crippen molar-refractivity contribution in [3.63, 3.8) is 0 Å². The molecule has 3 N–H and O–H groups in total. The maximum Gasteiger partial charge on any atom is 0.272 e. The second-order valence-electron chi connectivity index (χ2n) is 8.51. The summed E-state index contributed by atoms with van der Waals surface area (Å²) in [5, 5.41) is 7.66. The average molecular weight is 578 g/mol. The van der Waals surface area contributed by atoms with Crippen LogP contribution < -0.4 is 16.0 Å². The molecule has 0 bridgehead atoms. The minimum Gasteiger partial charge on any atom is -0.465 e. The fourth-order valence-electron chi connectivity index (χ4n) is 3.59. The van der Waals surface area contributed by atoms with Crippen molar-refractivity contribution in [1.82, 2.24) is 5.32 Å². The lowest BCUT2D eigenvalue weighted by molar-refractivity contribution is -0.116. The Labute approximate surface area is 239 Å². The van der Waals surface area contributed by atoms with Gasteiger partial charge in [0.05, 0.1) is 16.5 Å². The van der Waals surface area contributed by atoms with Gasteiger partial charge in [-0.2, -0.15) is 0 Å². The molecule has 1 unspecified atom stereocenters. The molecule has 3 amide bonds. The van der Waals surface area contributed by atoms with Crippen LogP contribution in [0.25, 0.3) is 6.08 Å². The van der Waals surface area contributed by atoms with Gasteiger partial charge in [-0.15, -0.1) is 11.8 Å². The van der Waals surface area contributed by atoms with Crippen molar-refractivity contribution in [2.24, 2.45) is 0 Å². The number of anilines is 2. The summed E-state index contributed by atoms with van der Waals surface area (Å²) < 4.78 is 18.8. The van der Waals surface area contributed by atoms with Gasteiger partial charge in [-0.1, -0.05) is 42.8 Å². The molecule has 10 heteroatoms. The molecule has 0 aliphatic carbocycles. The first kappa shape index (κ1) is 28.7. The van der Waals surface area contributed by atoms with Gasteiger partial charge in [-0.25, -0.2) is 4.39 Å². The van der Waals surface area contributed by atoms with E-state index < -0.39 is 22.9 Å². The lowest BCUT2D eigenvalue weighted by atomic mass is 10.2. The molecule has 0 radical (unpaired) electrons. The third kappa shape index (κ3) is 7.84. The minimum atomic E-state index is -0.568. The Morgan fingerprint density at radius 1 is 0.950 bits per heavy atom. The normalized spacial score (nSPS) is 11.9. The van der Waals surface area contributed by atoms with E-state index in [0.29, 0.717) is 29.1 Å². The highest BCUT2D eigenvalue weighted by atomic mass is 35.5. The second kappa shape index (κ2) is 13.6. The van der Waals surface area contributed by atoms with Crippen molar-refractivity contribution >= 4 is 58.5 Å². The number of carbonyl (C=O) groups is 3. The van der Waals surface area contributed by atoms with E-state index in [0.717, 1.165) is 4.90 Å². The fraction of sp³-hybridized carbons (Fsp3) is 0.100. The molecule has 0 aliphatic heterocycles. The summed E-state index contributed by atoms with van der Waals surface area (Å²) in [6, 6.07) is 22.9. The zero-order valence-corrected chi connectivity index (χ0v) is 22.9. The molecule has 204 valence electrons. The van der Waals surface area contributed by atoms with E-state index in [4.69, 9.17) is 16.0 Å². The molecular weight excluding hydrogens is 553 g/mol. The number of rotatable bonds is 10. The molecule has 0 saturated heterocycles. The summed E-state index contributed by atoms with van der Waals surface area (Å²) in [7, 11) is 0. The Morgan fingerprint density at radius 2 is 1.73 bits per heavy atom. The van der Waals surface area contributed by atoms with Crippen molar-refractivity contribution in [3.8, 4) is 0 Å². The third-order valence-corrected chi connectivity index (χ3v) is 7.23. The Morgan fingerprint density at radius 3 is 2.42 bits per heavy atom. The molecule has 1 atom stereocenters. The minimum absolute atomic E-state index is 0.00868. The Balaban J connectivity index is 1.46. The Hall–Kier alpha value is -4.34. The van der Waals surface area contributed by atoms with E-state index in [-0.39, 0.29) is 16.6 Å². The number of amides is 3. The van der Waals surface area contributed by atoms with Crippen LogP contribution in [0.3, 0.4) is 0 Å². The molecule has 0 fully saturated rings. The van der Waals surface area contributed by atoms with Crippen LogP contribution in [-0.4, -0.2) is 23.0 Å². The van der Waals surface area contributed by atoms with Gasteiger partial charge in [-0.3, -0.25) is 14.4 Å². The maximum absolute atomic E-state index is 13.5. The lowest BCUT2D eigenvalue weighted by Crippen LogP contribution is -2.30. The highest BCUT2D eigenvalue weighted by molar-refractivity contribution is 8.00. The number of hydrogen-bond acceptors (Lipinski definition) is 5. The smallest absolute Gasteiger partial charge is 0.272 e. The molecular formula is C30H25ClFN3O4S. The SMILES string of the molecule is CCC(Sc1cccc(NC(=O)/C(=C/c2ccco2)NC(=O)c2ccccc2)c1)C(=O)Nc1ccc(F)c(Cl)c1. The summed E-state index contributed by atoms with van der Waals surface area (Å²) >= 11 is 7.14. The average Bonchev–Trinajstić information content (AvgIpc) is 3.47. The predicted octanol–water partition coefficient (Wildman–Crippen LogP) is 6.99. The van der Waals surface area contributed by atoms with Crippen LogP contribution in [0.1, 0.15) is 29.5 Å². The molecule has 1 heterocycles. The van der Waals surface area contributed by atoms with Crippen molar-refractivity contribution in [3.05, 3.63) is 119 Å². The van der Waals surface area contributed by atoms with Gasteiger partial charge in [0, 0.05) is 27.9 Å². The largest absolute Gasteiger partial charge is 0.465 e. The van der Waals surface area contributed by atoms with E-state index in [9.17, 15) is 18.8 Å². The van der Waals surface area contributed by atoms with Gasteiger partial charge in [0.1, 0.15) is 17.3 Å². The maximum atomic E-state index is 13.5. The molecule has 0 spiro atoms. The van der Waals surface area contributed by atoms with Crippen LogP contribution in [-0.2, 0) is 9.59 Å². The van der Waals surface area contributed by atoms with E-state index in [1.807, 2.05) is 13.0 Å². The van der Waals surface area contributed by atoms with Crippen LogP contribution >= 0.6 is 23.4 Å². The van der Waals surface area contributed by atoms with Crippen molar-refractivity contribution in [1.29, 1.82) is 0 Å².